The highest BCUT2D eigenvalue weighted by Crippen LogP contribution is 2.39. The summed E-state index contributed by atoms with van der Waals surface area (Å²) in [4.78, 5) is 0. The van der Waals surface area contributed by atoms with Gasteiger partial charge < -0.3 is 30.0 Å². The number of para-hydroxylation sites is 1. The normalized spacial score (nSPS) is 10.9. The molecule has 0 spiro atoms. The molecule has 43 heavy (non-hydrogen) atoms. The second kappa shape index (κ2) is 13.0. The fraction of sp³-hybridized carbons (Fsp3) is 0. The van der Waals surface area contributed by atoms with Crippen LogP contribution in [0.4, 0.5) is 11.4 Å². The lowest BCUT2D eigenvalue weighted by Gasteiger charge is -2.15. The van der Waals surface area contributed by atoms with Crippen LogP contribution in [0, 0.1) is 0 Å². The van der Waals surface area contributed by atoms with Gasteiger partial charge in [-0.15, -0.1) is 0 Å². The molecule has 0 radical (unpaired) electrons. The summed E-state index contributed by atoms with van der Waals surface area (Å²) < 4.78 is 24.0. The van der Waals surface area contributed by atoms with E-state index in [2.05, 4.69) is 12.1 Å². The monoisotopic (exact) mass is 584 g/mol. The zero-order valence-electron chi connectivity index (χ0n) is 23.1. The van der Waals surface area contributed by atoms with Crippen molar-refractivity contribution in [1.82, 2.24) is 0 Å². The Bertz CT molecular complexity index is 1780. The molecule has 6 rings (SSSR count). The van der Waals surface area contributed by atoms with Crippen LogP contribution in [-0.2, 0) is 0 Å². The number of rotatable bonds is 10. The topological polar surface area (TPSA) is 89.0 Å². The molecule has 212 valence electrons. The third kappa shape index (κ3) is 7.25. The second-order valence-electron chi connectivity index (χ2n) is 9.70. The molecule has 1 atom stereocenters. The van der Waals surface area contributed by atoms with E-state index in [0.29, 0.717) is 17.1 Å². The van der Waals surface area contributed by atoms with Crippen LogP contribution < -0.4 is 30.0 Å². The molecule has 6 aromatic carbocycles. The molecule has 0 heterocycles. The number of hydrogen-bond donors (Lipinski definition) is 2. The predicted molar refractivity (Wildman–Crippen MR) is 175 cm³/mol. The van der Waals surface area contributed by atoms with Crippen LogP contribution in [-0.4, -0.2) is 0 Å². The first-order valence-corrected chi connectivity index (χ1v) is 14.5. The minimum Gasteiger partial charge on any atom is -0.457 e. The Morgan fingerprint density at radius 1 is 0.395 bits per heavy atom. The first kappa shape index (κ1) is 27.7. The third-order valence-corrected chi connectivity index (χ3v) is 7.24. The van der Waals surface area contributed by atoms with Gasteiger partial charge in [-0.2, -0.15) is 0 Å². The van der Waals surface area contributed by atoms with Gasteiger partial charge in [-0.3, -0.25) is 0 Å². The minimum atomic E-state index is -0.223. The quantitative estimate of drug-likeness (QED) is 0.123. The van der Waals surface area contributed by atoms with Gasteiger partial charge in [0.15, 0.2) is 0 Å². The molecular weight excluding hydrogens is 555 g/mol. The minimum absolute atomic E-state index is 0.223. The van der Waals surface area contributed by atoms with Crippen molar-refractivity contribution in [2.75, 3.05) is 11.5 Å². The molecule has 4 N–H and O–H groups in total. The molecule has 0 aliphatic carbocycles. The molecular formula is C36H29N2O4P. The molecule has 0 saturated heterocycles. The molecule has 0 amide bonds. The standard InChI is InChI=1S/C36H29N2O4P/c37-28-11-19-32(20-12-28)39-30-15-6-25(7-16-30)27-10-23-35(36(24-27)42-43-41-34-4-2-1-3-5-34)26-8-17-31(18-9-26)40-33-21-13-29(38)14-22-33/h1-24,43H,37-38H2. The van der Waals surface area contributed by atoms with Gasteiger partial charge in [-0.25, -0.2) is 0 Å². The van der Waals surface area contributed by atoms with Gasteiger partial charge in [0.05, 0.1) is 0 Å². The Balaban J connectivity index is 1.23. The maximum absolute atomic E-state index is 6.23. The first-order valence-electron chi connectivity index (χ1n) is 13.6. The predicted octanol–water partition coefficient (Wildman–Crippen LogP) is 9.74. The number of ether oxygens (including phenoxy) is 2. The number of hydrogen-bond acceptors (Lipinski definition) is 6. The van der Waals surface area contributed by atoms with Gasteiger partial charge in [-0.05, 0) is 108 Å². The number of anilines is 2. The van der Waals surface area contributed by atoms with E-state index in [1.165, 1.54) is 0 Å². The number of benzene rings is 6. The summed E-state index contributed by atoms with van der Waals surface area (Å²) in [5.41, 5.74) is 16.9. The zero-order chi connectivity index (χ0) is 29.4. The van der Waals surface area contributed by atoms with Crippen molar-refractivity contribution in [3.63, 3.8) is 0 Å². The molecule has 6 aromatic rings. The summed E-state index contributed by atoms with van der Waals surface area (Å²) in [5.74, 6) is 4.37. The highest BCUT2D eigenvalue weighted by Gasteiger charge is 2.11. The molecule has 1 unspecified atom stereocenters. The maximum atomic E-state index is 6.23. The van der Waals surface area contributed by atoms with Gasteiger partial charge in [0.25, 0.3) is 9.03 Å². The van der Waals surface area contributed by atoms with Crippen LogP contribution in [0.2, 0.25) is 0 Å². The Morgan fingerprint density at radius 2 is 0.860 bits per heavy atom. The Hall–Kier alpha value is -5.45. The van der Waals surface area contributed by atoms with Crippen molar-refractivity contribution in [1.29, 1.82) is 0 Å². The van der Waals surface area contributed by atoms with E-state index in [-0.39, 0.29) is 9.03 Å². The van der Waals surface area contributed by atoms with Crippen molar-refractivity contribution < 1.29 is 18.5 Å². The van der Waals surface area contributed by atoms with Crippen LogP contribution in [0.5, 0.6) is 34.5 Å². The van der Waals surface area contributed by atoms with Crippen LogP contribution in [0.25, 0.3) is 22.3 Å². The highest BCUT2D eigenvalue weighted by molar-refractivity contribution is 7.27. The molecule has 0 fully saturated rings. The lowest BCUT2D eigenvalue weighted by molar-refractivity contribution is 0.482. The van der Waals surface area contributed by atoms with Crippen molar-refractivity contribution >= 4 is 20.4 Å². The summed E-state index contributed by atoms with van der Waals surface area (Å²) in [6, 6.07) is 46.3. The van der Waals surface area contributed by atoms with Gasteiger partial charge in [-0.1, -0.05) is 54.6 Å². The summed E-state index contributed by atoms with van der Waals surface area (Å²) in [6.45, 7) is 0. The van der Waals surface area contributed by atoms with E-state index >= 15 is 0 Å². The second-order valence-corrected chi connectivity index (χ2v) is 10.3. The lowest BCUT2D eigenvalue weighted by atomic mass is 9.99. The van der Waals surface area contributed by atoms with Crippen LogP contribution in [0.1, 0.15) is 0 Å². The molecule has 7 heteroatoms. The largest absolute Gasteiger partial charge is 0.457 e. The van der Waals surface area contributed by atoms with Crippen molar-refractivity contribution in [3.8, 4) is 56.8 Å². The van der Waals surface area contributed by atoms with Crippen molar-refractivity contribution in [2.45, 2.75) is 0 Å². The van der Waals surface area contributed by atoms with E-state index in [9.17, 15) is 0 Å². The SMILES string of the molecule is Nc1ccc(Oc2ccc(-c3ccc(-c4ccc(Oc5ccc(N)cc5)cc4)c(OPOc4ccccc4)c3)cc2)cc1. The molecule has 0 aliphatic rings. The highest BCUT2D eigenvalue weighted by atomic mass is 31.1. The van der Waals surface area contributed by atoms with Gasteiger partial charge >= 0.3 is 0 Å². The van der Waals surface area contributed by atoms with Gasteiger partial charge in [0, 0.05) is 16.9 Å². The van der Waals surface area contributed by atoms with Crippen molar-refractivity contribution in [2.24, 2.45) is 0 Å². The van der Waals surface area contributed by atoms with Gasteiger partial charge in [0.1, 0.15) is 34.5 Å². The molecule has 6 nitrogen and oxygen atoms in total. The van der Waals surface area contributed by atoms with E-state index in [1.54, 1.807) is 0 Å². The van der Waals surface area contributed by atoms with Crippen LogP contribution in [0.15, 0.2) is 146 Å². The fourth-order valence-electron chi connectivity index (χ4n) is 4.39. The molecule has 0 bridgehead atoms. The Kier molecular flexibility index (Phi) is 8.39. The van der Waals surface area contributed by atoms with Crippen molar-refractivity contribution in [3.05, 3.63) is 146 Å². The Morgan fingerprint density at radius 3 is 1.40 bits per heavy atom. The van der Waals surface area contributed by atoms with E-state index in [0.717, 1.165) is 51.0 Å². The average Bonchev–Trinajstić information content (AvgIpc) is 3.05. The average molecular weight is 585 g/mol. The van der Waals surface area contributed by atoms with E-state index < -0.39 is 0 Å². The van der Waals surface area contributed by atoms with Crippen LogP contribution >= 0.6 is 9.03 Å². The fourth-order valence-corrected chi connectivity index (χ4v) is 4.92. The molecule has 0 aromatic heterocycles. The molecule has 0 aliphatic heterocycles. The maximum Gasteiger partial charge on any atom is 0.275 e. The first-order chi connectivity index (χ1) is 21.1. The summed E-state index contributed by atoms with van der Waals surface area (Å²) in [7, 11) is -0.223. The van der Waals surface area contributed by atoms with Crippen LogP contribution in [0.3, 0.4) is 0 Å². The number of nitrogens with two attached hydrogens (primary N) is 2. The summed E-state index contributed by atoms with van der Waals surface area (Å²) in [6.07, 6.45) is 0. The zero-order valence-corrected chi connectivity index (χ0v) is 24.1. The Labute approximate surface area is 252 Å². The van der Waals surface area contributed by atoms with E-state index in [4.69, 9.17) is 30.0 Å². The van der Waals surface area contributed by atoms with E-state index in [1.807, 2.05) is 133 Å². The third-order valence-electron chi connectivity index (χ3n) is 6.62. The number of nitrogen functional groups attached to an aromatic ring is 2. The summed E-state index contributed by atoms with van der Waals surface area (Å²) >= 11 is 0. The molecule has 0 saturated carbocycles. The lowest BCUT2D eigenvalue weighted by Crippen LogP contribution is -1.91. The smallest absolute Gasteiger partial charge is 0.275 e. The van der Waals surface area contributed by atoms with Gasteiger partial charge in [0.2, 0.25) is 0 Å². The summed E-state index contributed by atoms with van der Waals surface area (Å²) in [5, 5.41) is 0.